The van der Waals surface area contributed by atoms with E-state index in [0.717, 1.165) is 22.9 Å². The summed E-state index contributed by atoms with van der Waals surface area (Å²) in [6, 6.07) is 18.2. The van der Waals surface area contributed by atoms with E-state index in [1.165, 1.54) is 0 Å². The Kier molecular flexibility index (Phi) is 6.01. The number of para-hydroxylation sites is 1. The molecule has 2 aromatic carbocycles. The molecule has 2 heterocycles. The van der Waals surface area contributed by atoms with Gasteiger partial charge in [0, 0.05) is 28.6 Å². The largest absolute Gasteiger partial charge is 0.497 e. The van der Waals surface area contributed by atoms with Crippen LogP contribution in [0.15, 0.2) is 70.2 Å². The predicted molar refractivity (Wildman–Crippen MR) is 133 cm³/mol. The van der Waals surface area contributed by atoms with Gasteiger partial charge in [0.2, 0.25) is 0 Å². The first-order valence-electron chi connectivity index (χ1n) is 11.3. The highest BCUT2D eigenvalue weighted by Crippen LogP contribution is 2.30. The van der Waals surface area contributed by atoms with Crippen molar-refractivity contribution >= 4 is 34.1 Å². The number of amides is 2. The molecule has 2 aromatic heterocycles. The molecule has 0 atom stereocenters. The minimum absolute atomic E-state index is 0.239. The maximum absolute atomic E-state index is 12.9. The summed E-state index contributed by atoms with van der Waals surface area (Å²) in [6.45, 7) is 1.83. The summed E-state index contributed by atoms with van der Waals surface area (Å²) in [5.41, 5.74) is 6.45. The van der Waals surface area contributed by atoms with Crippen LogP contribution in [0.3, 0.4) is 0 Å². The fourth-order valence-corrected chi connectivity index (χ4v) is 4.23. The van der Waals surface area contributed by atoms with E-state index in [0.29, 0.717) is 41.3 Å². The van der Waals surface area contributed by atoms with Crippen LogP contribution in [-0.4, -0.2) is 29.6 Å². The first-order chi connectivity index (χ1) is 17.0. The molecule has 0 fully saturated rings. The Hall–Kier alpha value is -4.46. The molecule has 5 rings (SSSR count). The summed E-state index contributed by atoms with van der Waals surface area (Å²) < 4.78 is 11.1. The molecule has 2 amide bonds. The number of carbonyl (C=O) groups is 2. The normalized spacial score (nSPS) is 13.9. The number of pyridine rings is 1. The number of methoxy groups -OCH3 is 1. The van der Waals surface area contributed by atoms with Crippen LogP contribution in [0.2, 0.25) is 0 Å². The van der Waals surface area contributed by atoms with Gasteiger partial charge in [0.05, 0.1) is 18.3 Å². The fraction of sp³-hybridized carbons (Fsp3) is 0.185. The van der Waals surface area contributed by atoms with Gasteiger partial charge < -0.3 is 14.5 Å². The van der Waals surface area contributed by atoms with E-state index in [2.05, 4.69) is 20.8 Å². The molecule has 1 aliphatic rings. The number of hydrazone groups is 1. The molecule has 0 saturated heterocycles. The van der Waals surface area contributed by atoms with Crippen LogP contribution in [0.5, 0.6) is 5.75 Å². The second kappa shape index (κ2) is 9.42. The van der Waals surface area contributed by atoms with Crippen molar-refractivity contribution in [3.8, 4) is 5.75 Å². The maximum atomic E-state index is 12.9. The third-order valence-electron chi connectivity index (χ3n) is 6.00. The number of carbonyl (C=O) groups excluding carboxylic acids is 2. The third kappa shape index (κ3) is 4.50. The summed E-state index contributed by atoms with van der Waals surface area (Å²) in [6.07, 6.45) is 2.17. The lowest BCUT2D eigenvalue weighted by atomic mass is 9.93. The summed E-state index contributed by atoms with van der Waals surface area (Å²) >= 11 is 0. The lowest BCUT2D eigenvalue weighted by Crippen LogP contribution is -2.23. The van der Waals surface area contributed by atoms with Crippen LogP contribution in [0.1, 0.15) is 50.8 Å². The van der Waals surface area contributed by atoms with E-state index in [9.17, 15) is 9.59 Å². The number of hydrogen-bond acceptors (Lipinski definition) is 6. The number of nitrogens with zero attached hydrogens (tertiary/aromatic N) is 2. The van der Waals surface area contributed by atoms with Crippen molar-refractivity contribution in [2.45, 2.75) is 26.2 Å². The van der Waals surface area contributed by atoms with Gasteiger partial charge in [-0.05, 0) is 56.2 Å². The molecule has 0 bridgehead atoms. The molecule has 0 saturated carbocycles. The standard InChI is InChI=1S/C27H24N4O4/c1-16-24-21(30-31-26(32)22-15-10-17-6-3-4-7-20(17)29-22)8-5-9-23(24)35-25(16)27(33)28-18-11-13-19(34-2)14-12-18/h3-4,6-7,10-15H,5,8-9H2,1-2H3,(H,28,33)(H,31,32)/b30-21+. The van der Waals surface area contributed by atoms with Crippen LogP contribution >= 0.6 is 0 Å². The summed E-state index contributed by atoms with van der Waals surface area (Å²) in [4.78, 5) is 30.0. The van der Waals surface area contributed by atoms with Gasteiger partial charge in [0.1, 0.15) is 17.2 Å². The minimum atomic E-state index is -0.394. The number of anilines is 1. The topological polar surface area (TPSA) is 106 Å². The molecule has 8 nitrogen and oxygen atoms in total. The molecule has 0 spiro atoms. The van der Waals surface area contributed by atoms with Crippen LogP contribution < -0.4 is 15.5 Å². The Morgan fingerprint density at radius 2 is 1.80 bits per heavy atom. The van der Waals surface area contributed by atoms with Gasteiger partial charge >= 0.3 is 0 Å². The zero-order chi connectivity index (χ0) is 24.4. The van der Waals surface area contributed by atoms with Gasteiger partial charge in [-0.3, -0.25) is 9.59 Å². The van der Waals surface area contributed by atoms with Gasteiger partial charge in [0.15, 0.2) is 5.76 Å². The van der Waals surface area contributed by atoms with Crippen LogP contribution in [-0.2, 0) is 6.42 Å². The smallest absolute Gasteiger partial charge is 0.291 e. The molecule has 0 radical (unpaired) electrons. The van der Waals surface area contributed by atoms with Crippen molar-refractivity contribution in [1.82, 2.24) is 10.4 Å². The zero-order valence-electron chi connectivity index (χ0n) is 19.4. The van der Waals surface area contributed by atoms with Crippen LogP contribution in [0.25, 0.3) is 10.9 Å². The monoisotopic (exact) mass is 468 g/mol. The number of nitrogens with one attached hydrogen (secondary N) is 2. The molecule has 1 aliphatic carbocycles. The van der Waals surface area contributed by atoms with Crippen molar-refractivity contribution in [3.63, 3.8) is 0 Å². The lowest BCUT2D eigenvalue weighted by Gasteiger charge is -2.13. The maximum Gasteiger partial charge on any atom is 0.291 e. The Balaban J connectivity index is 1.36. The third-order valence-corrected chi connectivity index (χ3v) is 6.00. The first-order valence-corrected chi connectivity index (χ1v) is 11.3. The fourth-order valence-electron chi connectivity index (χ4n) is 4.23. The minimum Gasteiger partial charge on any atom is -0.497 e. The number of rotatable bonds is 5. The zero-order valence-corrected chi connectivity index (χ0v) is 19.4. The summed E-state index contributed by atoms with van der Waals surface area (Å²) in [5, 5.41) is 8.20. The SMILES string of the molecule is COc1ccc(NC(=O)c2oc3c(c2C)/C(=N/NC(=O)c2ccc4ccccc4n2)CCC3)cc1. The van der Waals surface area contributed by atoms with E-state index in [1.54, 1.807) is 37.4 Å². The Morgan fingerprint density at radius 3 is 2.60 bits per heavy atom. The number of aryl methyl sites for hydroxylation is 1. The van der Waals surface area contributed by atoms with Gasteiger partial charge in [-0.2, -0.15) is 5.10 Å². The number of fused-ring (bicyclic) bond motifs is 2. The van der Waals surface area contributed by atoms with E-state index < -0.39 is 5.91 Å². The molecule has 2 N–H and O–H groups in total. The van der Waals surface area contributed by atoms with Gasteiger partial charge in [-0.1, -0.05) is 24.3 Å². The Morgan fingerprint density at radius 1 is 1.00 bits per heavy atom. The molecule has 0 aliphatic heterocycles. The molecule has 176 valence electrons. The van der Waals surface area contributed by atoms with Crippen molar-refractivity contribution in [2.24, 2.45) is 5.10 Å². The van der Waals surface area contributed by atoms with E-state index >= 15 is 0 Å². The van der Waals surface area contributed by atoms with Crippen LogP contribution in [0.4, 0.5) is 5.69 Å². The van der Waals surface area contributed by atoms with Gasteiger partial charge in [-0.25, -0.2) is 10.4 Å². The Labute approximate surface area is 202 Å². The highest BCUT2D eigenvalue weighted by atomic mass is 16.5. The average Bonchev–Trinajstić information content (AvgIpc) is 3.24. The van der Waals surface area contributed by atoms with Crippen molar-refractivity contribution in [2.75, 3.05) is 12.4 Å². The highest BCUT2D eigenvalue weighted by molar-refractivity contribution is 6.09. The molecule has 35 heavy (non-hydrogen) atoms. The number of ether oxygens (including phenoxy) is 1. The predicted octanol–water partition coefficient (Wildman–Crippen LogP) is 4.87. The second-order valence-corrected chi connectivity index (χ2v) is 8.28. The average molecular weight is 469 g/mol. The van der Waals surface area contributed by atoms with Crippen LogP contribution in [0, 0.1) is 6.92 Å². The Bertz CT molecular complexity index is 1450. The van der Waals surface area contributed by atoms with Gasteiger partial charge in [-0.15, -0.1) is 0 Å². The van der Waals surface area contributed by atoms with Crippen molar-refractivity contribution in [3.05, 3.63) is 89.0 Å². The quantitative estimate of drug-likeness (QED) is 0.407. The highest BCUT2D eigenvalue weighted by Gasteiger charge is 2.28. The van der Waals surface area contributed by atoms with E-state index in [4.69, 9.17) is 9.15 Å². The van der Waals surface area contributed by atoms with E-state index in [1.807, 2.05) is 37.3 Å². The summed E-state index contributed by atoms with van der Waals surface area (Å²) in [5.74, 6) is 0.905. The number of hydrogen-bond donors (Lipinski definition) is 2. The number of aromatic nitrogens is 1. The number of furan rings is 1. The second-order valence-electron chi connectivity index (χ2n) is 8.28. The lowest BCUT2D eigenvalue weighted by molar-refractivity contribution is 0.0949. The molecular formula is C27H24N4O4. The molecule has 4 aromatic rings. The van der Waals surface area contributed by atoms with Gasteiger partial charge in [0.25, 0.3) is 11.8 Å². The van der Waals surface area contributed by atoms with E-state index in [-0.39, 0.29) is 17.4 Å². The molecular weight excluding hydrogens is 444 g/mol. The first kappa shape index (κ1) is 22.3. The molecule has 0 unspecified atom stereocenters. The van der Waals surface area contributed by atoms with Crippen molar-refractivity contribution < 1.29 is 18.7 Å². The number of benzene rings is 2. The molecule has 8 heteroatoms. The summed E-state index contributed by atoms with van der Waals surface area (Å²) in [7, 11) is 1.59. The van der Waals surface area contributed by atoms with Crippen molar-refractivity contribution in [1.29, 1.82) is 0 Å².